The van der Waals surface area contributed by atoms with Crippen LogP contribution in [0, 0.1) is 5.92 Å². The van der Waals surface area contributed by atoms with Crippen LogP contribution in [0.25, 0.3) is 11.0 Å². The van der Waals surface area contributed by atoms with Crippen LogP contribution in [0.5, 0.6) is 0 Å². The second-order valence-corrected chi connectivity index (χ2v) is 7.54. The molecule has 1 aliphatic heterocycles. The number of benzene rings is 1. The number of imidazole rings is 1. The van der Waals surface area contributed by atoms with Gasteiger partial charge in [-0.05, 0) is 50.2 Å². The summed E-state index contributed by atoms with van der Waals surface area (Å²) in [6.07, 6.45) is 12.0. The van der Waals surface area contributed by atoms with E-state index in [0.717, 1.165) is 42.9 Å². The van der Waals surface area contributed by atoms with Gasteiger partial charge in [0.1, 0.15) is 0 Å². The summed E-state index contributed by atoms with van der Waals surface area (Å²) >= 11 is 0. The molecule has 2 heterocycles. The lowest BCUT2D eigenvalue weighted by Crippen LogP contribution is -2.47. The van der Waals surface area contributed by atoms with Gasteiger partial charge in [0, 0.05) is 19.6 Å². The van der Waals surface area contributed by atoms with E-state index in [1.165, 1.54) is 25.8 Å². The minimum Gasteiger partial charge on any atom is -0.388 e. The number of fused-ring (bicyclic) bond motifs is 1. The minimum absolute atomic E-state index is 0.605. The molecule has 0 saturated carbocycles. The molecule has 0 spiro atoms. The lowest BCUT2D eigenvalue weighted by atomic mass is 9.89. The van der Waals surface area contributed by atoms with E-state index in [-0.39, 0.29) is 0 Å². The van der Waals surface area contributed by atoms with Gasteiger partial charge in [-0.15, -0.1) is 0 Å². The van der Waals surface area contributed by atoms with Gasteiger partial charge in [-0.1, -0.05) is 24.3 Å². The van der Waals surface area contributed by atoms with Crippen LogP contribution in [-0.4, -0.2) is 44.8 Å². The van der Waals surface area contributed by atoms with E-state index in [1.807, 2.05) is 24.5 Å². The minimum atomic E-state index is -0.605. The Hall–Kier alpha value is -1.65. The van der Waals surface area contributed by atoms with Gasteiger partial charge in [-0.2, -0.15) is 0 Å². The molecule has 128 valence electrons. The predicted molar refractivity (Wildman–Crippen MR) is 96.8 cm³/mol. The summed E-state index contributed by atoms with van der Waals surface area (Å²) in [4.78, 5) is 6.99. The summed E-state index contributed by atoms with van der Waals surface area (Å²) in [6.45, 7) is 3.84. The number of aliphatic hydroxyl groups is 1. The molecule has 0 bridgehead atoms. The molecule has 4 heteroatoms. The van der Waals surface area contributed by atoms with Crippen molar-refractivity contribution in [2.45, 2.75) is 44.2 Å². The molecular formula is C20H27N3O. The highest BCUT2D eigenvalue weighted by Crippen LogP contribution is 2.28. The van der Waals surface area contributed by atoms with E-state index in [1.54, 1.807) is 0 Å². The van der Waals surface area contributed by atoms with Crippen molar-refractivity contribution in [3.8, 4) is 0 Å². The van der Waals surface area contributed by atoms with Crippen molar-refractivity contribution in [2.75, 3.05) is 19.6 Å². The maximum absolute atomic E-state index is 11.0. The van der Waals surface area contributed by atoms with Crippen LogP contribution in [-0.2, 0) is 6.54 Å². The molecule has 24 heavy (non-hydrogen) atoms. The zero-order valence-electron chi connectivity index (χ0n) is 14.3. The Labute approximate surface area is 143 Å². The van der Waals surface area contributed by atoms with E-state index in [0.29, 0.717) is 6.54 Å². The highest BCUT2D eigenvalue weighted by atomic mass is 16.3. The molecule has 4 rings (SSSR count). The third-order valence-corrected chi connectivity index (χ3v) is 5.67. The van der Waals surface area contributed by atoms with Crippen LogP contribution in [0.3, 0.4) is 0 Å². The fourth-order valence-electron chi connectivity index (χ4n) is 4.15. The van der Waals surface area contributed by atoms with E-state index >= 15 is 0 Å². The first-order valence-corrected chi connectivity index (χ1v) is 9.21. The zero-order valence-corrected chi connectivity index (χ0v) is 14.3. The first-order chi connectivity index (χ1) is 11.7. The molecule has 0 amide bonds. The van der Waals surface area contributed by atoms with E-state index in [9.17, 15) is 5.11 Å². The molecular weight excluding hydrogens is 298 g/mol. The molecule has 1 aromatic heterocycles. The molecule has 1 unspecified atom stereocenters. The Morgan fingerprint density at radius 1 is 1.17 bits per heavy atom. The zero-order chi connectivity index (χ0) is 16.4. The second kappa shape index (κ2) is 6.69. The maximum atomic E-state index is 11.0. The quantitative estimate of drug-likeness (QED) is 0.878. The highest BCUT2D eigenvalue weighted by Gasteiger charge is 2.33. The molecule has 1 aliphatic carbocycles. The Bertz CT molecular complexity index is 712. The maximum Gasteiger partial charge on any atom is 0.0959 e. The average Bonchev–Trinajstić information content (AvgIpc) is 3.01. The number of rotatable bonds is 4. The van der Waals surface area contributed by atoms with Crippen molar-refractivity contribution in [3.63, 3.8) is 0 Å². The molecule has 2 aromatic rings. The van der Waals surface area contributed by atoms with E-state index < -0.39 is 5.60 Å². The molecule has 0 radical (unpaired) electrons. The van der Waals surface area contributed by atoms with Crippen LogP contribution in [0.4, 0.5) is 0 Å². The van der Waals surface area contributed by atoms with Crippen molar-refractivity contribution in [1.29, 1.82) is 0 Å². The summed E-state index contributed by atoms with van der Waals surface area (Å²) in [7, 11) is 0. The first-order valence-electron chi connectivity index (χ1n) is 9.21. The molecule has 1 aromatic carbocycles. The lowest BCUT2D eigenvalue weighted by molar-refractivity contribution is -0.0361. The number of hydrogen-bond donors (Lipinski definition) is 1. The van der Waals surface area contributed by atoms with E-state index in [2.05, 4.69) is 32.7 Å². The van der Waals surface area contributed by atoms with Crippen molar-refractivity contribution in [3.05, 3.63) is 42.7 Å². The lowest BCUT2D eigenvalue weighted by Gasteiger charge is -2.39. The van der Waals surface area contributed by atoms with Gasteiger partial charge in [0.25, 0.3) is 0 Å². The van der Waals surface area contributed by atoms with Crippen LogP contribution < -0.4 is 0 Å². The smallest absolute Gasteiger partial charge is 0.0959 e. The average molecular weight is 325 g/mol. The summed E-state index contributed by atoms with van der Waals surface area (Å²) < 4.78 is 2.11. The van der Waals surface area contributed by atoms with Gasteiger partial charge >= 0.3 is 0 Å². The highest BCUT2D eigenvalue weighted by molar-refractivity contribution is 5.74. The largest absolute Gasteiger partial charge is 0.388 e. The van der Waals surface area contributed by atoms with Crippen molar-refractivity contribution in [1.82, 2.24) is 14.5 Å². The van der Waals surface area contributed by atoms with Gasteiger partial charge in [0.2, 0.25) is 0 Å². The fraction of sp³-hybridized carbons (Fsp3) is 0.550. The number of piperidine rings is 1. The Morgan fingerprint density at radius 2 is 2.00 bits per heavy atom. The predicted octanol–water partition coefficient (Wildman–Crippen LogP) is 3.22. The van der Waals surface area contributed by atoms with Crippen molar-refractivity contribution >= 4 is 11.0 Å². The number of nitrogens with zero attached hydrogens (tertiary/aromatic N) is 3. The van der Waals surface area contributed by atoms with Crippen LogP contribution in [0.15, 0.2) is 42.7 Å². The third kappa shape index (κ3) is 3.40. The van der Waals surface area contributed by atoms with Gasteiger partial charge in [0.15, 0.2) is 0 Å². The number of para-hydroxylation sites is 2. The van der Waals surface area contributed by atoms with Gasteiger partial charge < -0.3 is 14.6 Å². The summed E-state index contributed by atoms with van der Waals surface area (Å²) in [5.74, 6) is 0.804. The van der Waals surface area contributed by atoms with Crippen LogP contribution >= 0.6 is 0 Å². The van der Waals surface area contributed by atoms with Crippen LogP contribution in [0.2, 0.25) is 0 Å². The van der Waals surface area contributed by atoms with E-state index in [4.69, 9.17) is 0 Å². The molecule has 2 aliphatic rings. The standard InChI is InChI=1S/C20H27N3O/c24-20(15-23-16-21-18-8-4-5-9-19(18)23)10-12-22(13-11-20)14-17-6-2-1-3-7-17/h1-2,4-5,8-9,16-17,24H,3,6-7,10-15H2. The van der Waals surface area contributed by atoms with Gasteiger partial charge in [0.05, 0.1) is 29.5 Å². The third-order valence-electron chi connectivity index (χ3n) is 5.67. The summed E-state index contributed by atoms with van der Waals surface area (Å²) in [5.41, 5.74) is 1.51. The first kappa shape index (κ1) is 15.9. The van der Waals surface area contributed by atoms with Gasteiger partial charge in [-0.3, -0.25) is 0 Å². The number of allylic oxidation sites excluding steroid dienone is 2. The number of aromatic nitrogens is 2. The van der Waals surface area contributed by atoms with Crippen molar-refractivity contribution < 1.29 is 5.11 Å². The number of hydrogen-bond acceptors (Lipinski definition) is 3. The SMILES string of the molecule is OC1(Cn2cnc3ccccc32)CCN(CC2CC=CCC2)CC1. The number of likely N-dealkylation sites (tertiary alicyclic amines) is 1. The molecule has 1 atom stereocenters. The molecule has 1 saturated heterocycles. The molecule has 1 fully saturated rings. The summed E-state index contributed by atoms with van der Waals surface area (Å²) in [5, 5.41) is 11.0. The van der Waals surface area contributed by atoms with Crippen molar-refractivity contribution in [2.24, 2.45) is 5.92 Å². The molecule has 1 N–H and O–H groups in total. The Morgan fingerprint density at radius 3 is 2.79 bits per heavy atom. The second-order valence-electron chi connectivity index (χ2n) is 7.54. The van der Waals surface area contributed by atoms with Gasteiger partial charge in [-0.25, -0.2) is 4.98 Å². The molecule has 4 nitrogen and oxygen atoms in total. The summed E-state index contributed by atoms with van der Waals surface area (Å²) in [6, 6.07) is 8.15. The fourth-order valence-corrected chi connectivity index (χ4v) is 4.15. The Kier molecular flexibility index (Phi) is 4.42. The topological polar surface area (TPSA) is 41.3 Å². The van der Waals surface area contributed by atoms with Crippen LogP contribution in [0.1, 0.15) is 32.1 Å². The normalized spacial score (nSPS) is 24.5. The Balaban J connectivity index is 1.36. The monoisotopic (exact) mass is 325 g/mol.